The second-order valence-electron chi connectivity index (χ2n) is 3.74. The second kappa shape index (κ2) is 1.66. The van der Waals surface area contributed by atoms with Crippen molar-refractivity contribution in [3.05, 3.63) is 24.3 Å². The van der Waals surface area contributed by atoms with Crippen molar-refractivity contribution in [1.82, 2.24) is 0 Å². The maximum atomic E-state index is 11.5. The smallest absolute Gasteiger partial charge is 0.147 e. The van der Waals surface area contributed by atoms with Crippen LogP contribution in [0.15, 0.2) is 24.3 Å². The molecule has 2 bridgehead atoms. The van der Waals surface area contributed by atoms with Crippen molar-refractivity contribution in [3.63, 3.8) is 0 Å². The van der Waals surface area contributed by atoms with Gasteiger partial charge in [-0.1, -0.05) is 24.3 Å². The van der Waals surface area contributed by atoms with E-state index in [0.717, 1.165) is 6.42 Å². The molecule has 0 saturated heterocycles. The Bertz CT molecular complexity index is 275. The maximum Gasteiger partial charge on any atom is 0.147 e. The molecule has 0 N–H and O–H groups in total. The first kappa shape index (κ1) is 5.76. The molecule has 11 heavy (non-hydrogen) atoms. The Hall–Kier alpha value is -0.850. The van der Waals surface area contributed by atoms with Gasteiger partial charge in [0.05, 0.1) is 0 Å². The number of allylic oxidation sites excluding steroid dienone is 4. The SMILES string of the molecule is O=C1[C@H]2C=C[C@H]1C1CC=CC12. The number of ketones is 1. The monoisotopic (exact) mass is 146 g/mol. The Morgan fingerprint density at radius 3 is 2.82 bits per heavy atom. The number of Topliss-reactive ketones (excluding diaryl/α,β-unsaturated/α-hetero) is 1. The van der Waals surface area contributed by atoms with Gasteiger partial charge in [-0.25, -0.2) is 0 Å². The van der Waals surface area contributed by atoms with Crippen molar-refractivity contribution in [2.24, 2.45) is 23.7 Å². The minimum atomic E-state index is 0.253. The molecule has 1 fully saturated rings. The van der Waals surface area contributed by atoms with Gasteiger partial charge in [0.2, 0.25) is 0 Å². The normalized spacial score (nSPS) is 50.7. The number of hydrogen-bond donors (Lipinski definition) is 0. The first-order chi connectivity index (χ1) is 5.38. The van der Waals surface area contributed by atoms with E-state index in [4.69, 9.17) is 0 Å². The molecule has 3 aliphatic carbocycles. The summed E-state index contributed by atoms with van der Waals surface area (Å²) < 4.78 is 0. The number of carbonyl (C=O) groups is 1. The molecule has 0 aliphatic heterocycles. The van der Waals surface area contributed by atoms with Crippen LogP contribution >= 0.6 is 0 Å². The highest BCUT2D eigenvalue weighted by Gasteiger charge is 2.50. The highest BCUT2D eigenvalue weighted by atomic mass is 16.1. The minimum Gasteiger partial charge on any atom is -0.298 e. The number of hydrogen-bond acceptors (Lipinski definition) is 1. The third-order valence-corrected chi connectivity index (χ3v) is 3.32. The van der Waals surface area contributed by atoms with Crippen LogP contribution in [0.3, 0.4) is 0 Å². The summed E-state index contributed by atoms with van der Waals surface area (Å²) in [6, 6.07) is 0. The van der Waals surface area contributed by atoms with Crippen molar-refractivity contribution in [1.29, 1.82) is 0 Å². The average molecular weight is 146 g/mol. The van der Waals surface area contributed by atoms with Crippen LogP contribution in [0.2, 0.25) is 0 Å². The highest BCUT2D eigenvalue weighted by molar-refractivity contribution is 5.92. The van der Waals surface area contributed by atoms with Crippen LogP contribution in [0, 0.1) is 23.7 Å². The van der Waals surface area contributed by atoms with Crippen molar-refractivity contribution in [3.8, 4) is 0 Å². The van der Waals surface area contributed by atoms with E-state index in [-0.39, 0.29) is 11.8 Å². The van der Waals surface area contributed by atoms with Crippen LogP contribution in [0.1, 0.15) is 6.42 Å². The van der Waals surface area contributed by atoms with Crippen LogP contribution < -0.4 is 0 Å². The predicted molar refractivity (Wildman–Crippen MR) is 41.9 cm³/mol. The van der Waals surface area contributed by atoms with E-state index >= 15 is 0 Å². The Morgan fingerprint density at radius 1 is 1.18 bits per heavy atom. The number of fused-ring (bicyclic) bond motifs is 5. The molecule has 0 heterocycles. The fourth-order valence-electron chi connectivity index (χ4n) is 2.79. The quantitative estimate of drug-likeness (QED) is 0.474. The number of rotatable bonds is 0. The predicted octanol–water partition coefficient (Wildman–Crippen LogP) is 1.56. The zero-order valence-electron chi connectivity index (χ0n) is 6.23. The highest BCUT2D eigenvalue weighted by Crippen LogP contribution is 2.50. The lowest BCUT2D eigenvalue weighted by Gasteiger charge is -2.17. The molecule has 1 heteroatoms. The third kappa shape index (κ3) is 0.515. The van der Waals surface area contributed by atoms with Crippen molar-refractivity contribution in [2.45, 2.75) is 6.42 Å². The van der Waals surface area contributed by atoms with Crippen molar-refractivity contribution < 1.29 is 4.79 Å². The Balaban J connectivity index is 2.10. The molecular weight excluding hydrogens is 136 g/mol. The molecule has 3 aliphatic rings. The van der Waals surface area contributed by atoms with Gasteiger partial charge in [0.1, 0.15) is 5.78 Å². The van der Waals surface area contributed by atoms with Gasteiger partial charge in [-0.3, -0.25) is 4.79 Å². The van der Waals surface area contributed by atoms with E-state index in [2.05, 4.69) is 24.3 Å². The van der Waals surface area contributed by atoms with Gasteiger partial charge in [-0.05, 0) is 18.3 Å². The molecule has 0 amide bonds. The van der Waals surface area contributed by atoms with E-state index < -0.39 is 0 Å². The van der Waals surface area contributed by atoms with Gasteiger partial charge in [-0.2, -0.15) is 0 Å². The van der Waals surface area contributed by atoms with E-state index in [9.17, 15) is 4.79 Å². The fourth-order valence-corrected chi connectivity index (χ4v) is 2.79. The standard InChI is InChI=1S/C10H10O/c11-10-8-4-5-9(10)7-3-1-2-6(7)8/h1-2,4-9H,3H2/t6?,7?,8-,9-/m0/s1. The largest absolute Gasteiger partial charge is 0.298 e. The molecular formula is C10H10O. The molecule has 4 atom stereocenters. The minimum absolute atomic E-state index is 0.253. The molecule has 1 saturated carbocycles. The van der Waals surface area contributed by atoms with E-state index in [1.165, 1.54) is 0 Å². The summed E-state index contributed by atoms with van der Waals surface area (Å²) in [5.41, 5.74) is 0. The maximum absolute atomic E-state index is 11.5. The Kier molecular flexibility index (Phi) is 0.867. The van der Waals surface area contributed by atoms with Gasteiger partial charge >= 0.3 is 0 Å². The summed E-state index contributed by atoms with van der Waals surface area (Å²) in [6.45, 7) is 0. The van der Waals surface area contributed by atoms with Crippen molar-refractivity contribution >= 4 is 5.78 Å². The van der Waals surface area contributed by atoms with Crippen LogP contribution in [0.5, 0.6) is 0 Å². The van der Waals surface area contributed by atoms with Crippen LogP contribution in [0.4, 0.5) is 0 Å². The topological polar surface area (TPSA) is 17.1 Å². The summed E-state index contributed by atoms with van der Waals surface area (Å²) in [6.07, 6.45) is 9.80. The second-order valence-corrected chi connectivity index (χ2v) is 3.74. The molecule has 0 aromatic rings. The summed E-state index contributed by atoms with van der Waals surface area (Å²) in [5.74, 6) is 2.21. The number of carbonyl (C=O) groups excluding carboxylic acids is 1. The Morgan fingerprint density at radius 2 is 2.00 bits per heavy atom. The van der Waals surface area contributed by atoms with Gasteiger partial charge in [0.25, 0.3) is 0 Å². The fraction of sp³-hybridized carbons (Fsp3) is 0.500. The van der Waals surface area contributed by atoms with Crippen LogP contribution in [-0.4, -0.2) is 5.78 Å². The lowest BCUT2D eigenvalue weighted by molar-refractivity contribution is -0.121. The molecule has 3 rings (SSSR count). The molecule has 0 spiro atoms. The van der Waals surface area contributed by atoms with E-state index in [0.29, 0.717) is 17.6 Å². The van der Waals surface area contributed by atoms with Gasteiger partial charge in [0, 0.05) is 11.8 Å². The first-order valence-electron chi connectivity index (χ1n) is 4.26. The molecule has 2 unspecified atom stereocenters. The first-order valence-corrected chi connectivity index (χ1v) is 4.26. The zero-order chi connectivity index (χ0) is 7.42. The molecule has 56 valence electrons. The lowest BCUT2D eigenvalue weighted by Crippen LogP contribution is -2.12. The molecule has 0 radical (unpaired) electrons. The summed E-state index contributed by atoms with van der Waals surface area (Å²) >= 11 is 0. The third-order valence-electron chi connectivity index (χ3n) is 3.32. The molecule has 0 aromatic carbocycles. The van der Waals surface area contributed by atoms with E-state index in [1.807, 2.05) is 0 Å². The van der Waals surface area contributed by atoms with E-state index in [1.54, 1.807) is 0 Å². The Labute approximate surface area is 65.8 Å². The van der Waals surface area contributed by atoms with Gasteiger partial charge in [0.15, 0.2) is 0 Å². The van der Waals surface area contributed by atoms with Crippen molar-refractivity contribution in [2.75, 3.05) is 0 Å². The lowest BCUT2D eigenvalue weighted by atomic mass is 9.86. The van der Waals surface area contributed by atoms with Gasteiger partial charge < -0.3 is 0 Å². The average Bonchev–Trinajstić information content (AvgIpc) is 2.61. The summed E-state index contributed by atoms with van der Waals surface area (Å²) in [7, 11) is 0. The molecule has 1 nitrogen and oxygen atoms in total. The van der Waals surface area contributed by atoms with Crippen LogP contribution in [0.25, 0.3) is 0 Å². The molecule has 0 aromatic heterocycles. The van der Waals surface area contributed by atoms with Gasteiger partial charge in [-0.15, -0.1) is 0 Å². The summed E-state index contributed by atoms with van der Waals surface area (Å²) in [5, 5.41) is 0. The van der Waals surface area contributed by atoms with Crippen LogP contribution in [-0.2, 0) is 4.79 Å². The zero-order valence-corrected chi connectivity index (χ0v) is 6.23. The summed E-state index contributed by atoms with van der Waals surface area (Å²) in [4.78, 5) is 11.5.